The van der Waals surface area contributed by atoms with Gasteiger partial charge in [-0.05, 0) is 81.9 Å². The van der Waals surface area contributed by atoms with Gasteiger partial charge in [-0.2, -0.15) is 0 Å². The van der Waals surface area contributed by atoms with Gasteiger partial charge in [0, 0.05) is 47.0 Å². The third kappa shape index (κ3) is 5.21. The molecule has 0 amide bonds. The predicted molar refractivity (Wildman–Crippen MR) is 223 cm³/mol. The van der Waals surface area contributed by atoms with Crippen LogP contribution in [0.3, 0.4) is 0 Å². The van der Waals surface area contributed by atoms with Gasteiger partial charge in [0.1, 0.15) is 0 Å². The minimum absolute atomic E-state index is 1.12. The molecule has 0 saturated heterocycles. The predicted octanol–water partition coefficient (Wildman–Crippen LogP) is 14.9. The maximum Gasteiger partial charge on any atom is 0.0640 e. The van der Waals surface area contributed by atoms with E-state index < -0.39 is 0 Å². The van der Waals surface area contributed by atoms with Gasteiger partial charge in [0.2, 0.25) is 0 Å². The van der Waals surface area contributed by atoms with E-state index in [1.54, 1.807) is 0 Å². The molecule has 1 nitrogen and oxygen atoms in total. The van der Waals surface area contributed by atoms with Crippen molar-refractivity contribution in [1.82, 2.24) is 0 Å². The van der Waals surface area contributed by atoms with Crippen molar-refractivity contribution in [2.24, 2.45) is 0 Å². The van der Waals surface area contributed by atoms with Crippen LogP contribution in [0.25, 0.3) is 73.7 Å². The van der Waals surface area contributed by atoms with Crippen LogP contribution in [0.5, 0.6) is 0 Å². The SMILES string of the molecule is c1ccc(-c2cccc(N(c3ccc(-c4ccc5c(c4)sc4ccccc45)cc3)c3ccc(-c4ccccc4)c4c3sc3ccccc34)c2)cc1. The molecule has 240 valence electrons. The Morgan fingerprint density at radius 1 is 0.333 bits per heavy atom. The Balaban J connectivity index is 1.16. The molecule has 0 fully saturated rings. The lowest BCUT2D eigenvalue weighted by molar-refractivity contribution is 1.30. The lowest BCUT2D eigenvalue weighted by atomic mass is 9.98. The summed E-state index contributed by atoms with van der Waals surface area (Å²) in [6.07, 6.45) is 0. The average Bonchev–Trinajstić information content (AvgIpc) is 3.78. The molecule has 0 saturated carbocycles. The first-order chi connectivity index (χ1) is 25.3. The van der Waals surface area contributed by atoms with E-state index in [-0.39, 0.29) is 0 Å². The fraction of sp³-hybridized carbons (Fsp3) is 0. The summed E-state index contributed by atoms with van der Waals surface area (Å²) < 4.78 is 5.23. The molecule has 0 aliphatic carbocycles. The molecular weight excluding hydrogens is 655 g/mol. The van der Waals surface area contributed by atoms with Crippen LogP contribution in [0.15, 0.2) is 188 Å². The Hall–Kier alpha value is -6.00. The van der Waals surface area contributed by atoms with Crippen LogP contribution in [-0.2, 0) is 0 Å². The van der Waals surface area contributed by atoms with Gasteiger partial charge >= 0.3 is 0 Å². The van der Waals surface area contributed by atoms with Crippen molar-refractivity contribution in [2.75, 3.05) is 4.90 Å². The summed E-state index contributed by atoms with van der Waals surface area (Å²) in [5.74, 6) is 0. The molecule has 0 aliphatic heterocycles. The monoisotopic (exact) mass is 685 g/mol. The van der Waals surface area contributed by atoms with Crippen molar-refractivity contribution in [1.29, 1.82) is 0 Å². The zero-order chi connectivity index (χ0) is 33.7. The number of anilines is 3. The van der Waals surface area contributed by atoms with Crippen molar-refractivity contribution < 1.29 is 0 Å². The first kappa shape index (κ1) is 29.9. The van der Waals surface area contributed by atoms with Crippen molar-refractivity contribution in [3.05, 3.63) is 188 Å². The highest BCUT2D eigenvalue weighted by Gasteiger charge is 2.21. The molecule has 2 heterocycles. The van der Waals surface area contributed by atoms with Crippen LogP contribution < -0.4 is 4.90 Å². The lowest BCUT2D eigenvalue weighted by Crippen LogP contribution is -2.10. The molecule has 0 aliphatic rings. The summed E-state index contributed by atoms with van der Waals surface area (Å²) in [7, 11) is 0. The first-order valence-corrected chi connectivity index (χ1v) is 18.9. The summed E-state index contributed by atoms with van der Waals surface area (Å²) in [6.45, 7) is 0. The van der Waals surface area contributed by atoms with E-state index in [1.807, 2.05) is 22.7 Å². The van der Waals surface area contributed by atoms with Gasteiger partial charge in [-0.1, -0.05) is 140 Å². The zero-order valence-corrected chi connectivity index (χ0v) is 29.3. The van der Waals surface area contributed by atoms with Crippen LogP contribution >= 0.6 is 22.7 Å². The second kappa shape index (κ2) is 12.4. The third-order valence-corrected chi connectivity index (χ3v) is 12.2. The highest BCUT2D eigenvalue weighted by atomic mass is 32.1. The van der Waals surface area contributed by atoms with Crippen LogP contribution in [-0.4, -0.2) is 0 Å². The van der Waals surface area contributed by atoms with Crippen LogP contribution in [0.4, 0.5) is 17.1 Å². The summed E-state index contributed by atoms with van der Waals surface area (Å²) in [5.41, 5.74) is 10.8. The smallest absolute Gasteiger partial charge is 0.0640 e. The fourth-order valence-corrected chi connectivity index (χ4v) is 9.82. The number of rotatable bonds is 6. The van der Waals surface area contributed by atoms with Gasteiger partial charge in [0.15, 0.2) is 0 Å². The highest BCUT2D eigenvalue weighted by molar-refractivity contribution is 7.26. The largest absolute Gasteiger partial charge is 0.309 e. The van der Waals surface area contributed by atoms with Gasteiger partial charge in [-0.3, -0.25) is 0 Å². The van der Waals surface area contributed by atoms with Gasteiger partial charge in [0.25, 0.3) is 0 Å². The molecular formula is C48H31NS2. The quantitative estimate of drug-likeness (QED) is 0.168. The summed E-state index contributed by atoms with van der Waals surface area (Å²) in [6, 6.07) is 68.6. The number of nitrogens with zero attached hydrogens (tertiary/aromatic N) is 1. The molecule has 0 unspecified atom stereocenters. The lowest BCUT2D eigenvalue weighted by Gasteiger charge is -2.27. The van der Waals surface area contributed by atoms with Crippen molar-refractivity contribution >= 4 is 80.1 Å². The van der Waals surface area contributed by atoms with Crippen molar-refractivity contribution in [3.63, 3.8) is 0 Å². The summed E-state index contributed by atoms with van der Waals surface area (Å²) in [4.78, 5) is 2.44. The first-order valence-electron chi connectivity index (χ1n) is 17.3. The maximum atomic E-state index is 2.44. The molecule has 3 heteroatoms. The highest BCUT2D eigenvalue weighted by Crippen LogP contribution is 2.48. The number of hydrogen-bond acceptors (Lipinski definition) is 3. The van der Waals surface area contributed by atoms with Gasteiger partial charge < -0.3 is 4.90 Å². The van der Waals surface area contributed by atoms with Crippen LogP contribution in [0.2, 0.25) is 0 Å². The fourth-order valence-electron chi connectivity index (χ4n) is 7.44. The van der Waals surface area contributed by atoms with E-state index in [4.69, 9.17) is 0 Å². The van der Waals surface area contributed by atoms with E-state index in [1.165, 1.54) is 79.4 Å². The normalized spacial score (nSPS) is 11.5. The van der Waals surface area contributed by atoms with Crippen LogP contribution in [0, 0.1) is 0 Å². The van der Waals surface area contributed by atoms with Crippen molar-refractivity contribution in [3.8, 4) is 33.4 Å². The van der Waals surface area contributed by atoms with Crippen LogP contribution in [0.1, 0.15) is 0 Å². The second-order valence-corrected chi connectivity index (χ2v) is 15.0. The van der Waals surface area contributed by atoms with E-state index >= 15 is 0 Å². The minimum Gasteiger partial charge on any atom is -0.309 e. The number of thiophene rings is 2. The number of fused-ring (bicyclic) bond motifs is 6. The molecule has 0 radical (unpaired) electrons. The molecule has 2 aromatic heterocycles. The Labute approximate surface area is 304 Å². The molecule has 51 heavy (non-hydrogen) atoms. The molecule has 8 aromatic carbocycles. The third-order valence-electron chi connectivity index (χ3n) is 9.88. The minimum atomic E-state index is 1.12. The number of benzene rings is 8. The summed E-state index contributed by atoms with van der Waals surface area (Å²) >= 11 is 3.75. The second-order valence-electron chi connectivity index (χ2n) is 12.9. The molecule has 0 N–H and O–H groups in total. The van der Waals surface area contributed by atoms with E-state index in [9.17, 15) is 0 Å². The maximum absolute atomic E-state index is 2.44. The molecule has 10 rings (SSSR count). The molecule has 0 atom stereocenters. The molecule has 0 bridgehead atoms. The Kier molecular flexibility index (Phi) is 7.26. The Bertz CT molecular complexity index is 2850. The zero-order valence-electron chi connectivity index (χ0n) is 27.7. The van der Waals surface area contributed by atoms with Crippen molar-refractivity contribution in [2.45, 2.75) is 0 Å². The average molecular weight is 686 g/mol. The molecule has 10 aromatic rings. The van der Waals surface area contributed by atoms with E-state index in [0.29, 0.717) is 0 Å². The molecule has 0 spiro atoms. The standard InChI is InChI=1S/C48H31NS2/c1-3-12-32(13-4-1)35-16-11-17-38(30-35)49(37-25-22-33(23-26-37)36-24-27-41-40-18-7-9-20-44(40)50-46(41)31-36)43-29-28-39(34-14-5-2-6-15-34)47-42-19-8-10-21-45(42)51-48(43)47/h1-31H. The van der Waals surface area contributed by atoms with E-state index in [2.05, 4.69) is 193 Å². The van der Waals surface area contributed by atoms with Gasteiger partial charge in [-0.15, -0.1) is 22.7 Å². The van der Waals surface area contributed by atoms with E-state index in [0.717, 1.165) is 11.4 Å². The summed E-state index contributed by atoms with van der Waals surface area (Å²) in [5, 5.41) is 5.25. The topological polar surface area (TPSA) is 3.24 Å². The Morgan fingerprint density at radius 2 is 0.922 bits per heavy atom. The number of hydrogen-bond donors (Lipinski definition) is 0. The van der Waals surface area contributed by atoms with Gasteiger partial charge in [0.05, 0.1) is 10.4 Å². The Morgan fingerprint density at radius 3 is 1.71 bits per heavy atom. The van der Waals surface area contributed by atoms with Gasteiger partial charge in [-0.25, -0.2) is 0 Å².